The van der Waals surface area contributed by atoms with Gasteiger partial charge in [0.15, 0.2) is 0 Å². The molecule has 25 heavy (non-hydrogen) atoms. The molecular formula is C19H21N3O3. The number of nitrogens with one attached hydrogen (secondary N) is 1. The Labute approximate surface area is 146 Å². The monoisotopic (exact) mass is 339 g/mol. The summed E-state index contributed by atoms with van der Waals surface area (Å²) in [5, 5.41) is 17.3. The highest BCUT2D eigenvalue weighted by molar-refractivity contribution is 5.92. The van der Waals surface area contributed by atoms with Crippen molar-refractivity contribution >= 4 is 5.91 Å². The van der Waals surface area contributed by atoms with E-state index < -0.39 is 6.10 Å². The Morgan fingerprint density at radius 1 is 1.28 bits per heavy atom. The van der Waals surface area contributed by atoms with Gasteiger partial charge in [-0.1, -0.05) is 37.3 Å². The molecule has 0 bridgehead atoms. The SMILES string of the molecule is CCc1cc(C(=O)N(Cc2ccccc2)CC(O)c2ccco2)n[nH]1. The minimum Gasteiger partial charge on any atom is -0.467 e. The second kappa shape index (κ2) is 7.81. The molecule has 0 spiro atoms. The van der Waals surface area contributed by atoms with Crippen LogP contribution >= 0.6 is 0 Å². The first-order valence-corrected chi connectivity index (χ1v) is 8.26. The van der Waals surface area contributed by atoms with Crippen molar-refractivity contribution in [2.24, 2.45) is 0 Å². The summed E-state index contributed by atoms with van der Waals surface area (Å²) in [7, 11) is 0. The molecule has 6 heteroatoms. The van der Waals surface area contributed by atoms with E-state index in [0.29, 0.717) is 18.0 Å². The van der Waals surface area contributed by atoms with Crippen LogP contribution in [0.15, 0.2) is 59.2 Å². The average molecular weight is 339 g/mol. The van der Waals surface area contributed by atoms with Gasteiger partial charge >= 0.3 is 0 Å². The number of benzene rings is 1. The number of aromatic amines is 1. The maximum atomic E-state index is 12.9. The van der Waals surface area contributed by atoms with Gasteiger partial charge in [0.05, 0.1) is 12.8 Å². The van der Waals surface area contributed by atoms with E-state index in [1.54, 1.807) is 23.1 Å². The lowest BCUT2D eigenvalue weighted by molar-refractivity contribution is 0.0558. The normalized spacial score (nSPS) is 12.1. The molecule has 3 aromatic rings. The van der Waals surface area contributed by atoms with Crippen molar-refractivity contribution < 1.29 is 14.3 Å². The predicted octanol–water partition coefficient (Wildman–Crippen LogP) is 2.94. The topological polar surface area (TPSA) is 82.4 Å². The Hall–Kier alpha value is -2.86. The van der Waals surface area contributed by atoms with E-state index in [4.69, 9.17) is 4.42 Å². The highest BCUT2D eigenvalue weighted by Crippen LogP contribution is 2.18. The van der Waals surface area contributed by atoms with Crippen LogP contribution in [0.4, 0.5) is 0 Å². The quantitative estimate of drug-likeness (QED) is 0.693. The third kappa shape index (κ3) is 4.16. The van der Waals surface area contributed by atoms with E-state index in [2.05, 4.69) is 10.2 Å². The number of carbonyl (C=O) groups excluding carboxylic acids is 1. The summed E-state index contributed by atoms with van der Waals surface area (Å²) in [6.45, 7) is 2.49. The minimum atomic E-state index is -0.896. The molecule has 1 unspecified atom stereocenters. The van der Waals surface area contributed by atoms with Crippen LogP contribution in [0, 0.1) is 0 Å². The number of H-pyrrole nitrogens is 1. The van der Waals surface area contributed by atoms with Gasteiger partial charge < -0.3 is 14.4 Å². The maximum Gasteiger partial charge on any atom is 0.274 e. The number of carbonyl (C=O) groups is 1. The number of aryl methyl sites for hydroxylation is 1. The van der Waals surface area contributed by atoms with Crippen LogP contribution in [0.3, 0.4) is 0 Å². The smallest absolute Gasteiger partial charge is 0.274 e. The number of amides is 1. The molecule has 0 aliphatic rings. The summed E-state index contributed by atoms with van der Waals surface area (Å²) >= 11 is 0. The number of hydrogen-bond acceptors (Lipinski definition) is 4. The van der Waals surface area contributed by atoms with Crippen LogP contribution in [0.5, 0.6) is 0 Å². The molecule has 1 aromatic carbocycles. The van der Waals surface area contributed by atoms with Gasteiger partial charge in [-0.3, -0.25) is 9.89 Å². The number of hydrogen-bond donors (Lipinski definition) is 2. The number of aliphatic hydroxyl groups excluding tert-OH is 1. The van der Waals surface area contributed by atoms with Gasteiger partial charge in [-0.25, -0.2) is 0 Å². The summed E-state index contributed by atoms with van der Waals surface area (Å²) in [5.41, 5.74) is 2.22. The fourth-order valence-corrected chi connectivity index (χ4v) is 2.62. The molecule has 6 nitrogen and oxygen atoms in total. The van der Waals surface area contributed by atoms with Crippen molar-refractivity contribution in [2.45, 2.75) is 26.0 Å². The van der Waals surface area contributed by atoms with E-state index in [1.165, 1.54) is 6.26 Å². The number of aliphatic hydroxyl groups is 1. The van der Waals surface area contributed by atoms with Crippen molar-refractivity contribution in [3.05, 3.63) is 77.5 Å². The maximum absolute atomic E-state index is 12.9. The Bertz CT molecular complexity index is 796. The van der Waals surface area contributed by atoms with E-state index in [0.717, 1.165) is 17.7 Å². The Kier molecular flexibility index (Phi) is 5.30. The molecule has 130 valence electrons. The van der Waals surface area contributed by atoms with Crippen LogP contribution < -0.4 is 0 Å². The fourth-order valence-electron chi connectivity index (χ4n) is 2.62. The van der Waals surface area contributed by atoms with Crippen molar-refractivity contribution in [3.63, 3.8) is 0 Å². The van der Waals surface area contributed by atoms with E-state index in [9.17, 15) is 9.90 Å². The first-order chi connectivity index (χ1) is 12.2. The van der Waals surface area contributed by atoms with Gasteiger partial charge in [-0.2, -0.15) is 5.10 Å². The second-order valence-corrected chi connectivity index (χ2v) is 5.83. The summed E-state index contributed by atoms with van der Waals surface area (Å²) in [5.74, 6) is 0.201. The largest absolute Gasteiger partial charge is 0.467 e. The third-order valence-corrected chi connectivity index (χ3v) is 4.00. The van der Waals surface area contributed by atoms with E-state index in [-0.39, 0.29) is 12.5 Å². The standard InChI is InChI=1S/C19H21N3O3/c1-2-15-11-16(21-20-15)19(24)22(12-14-7-4-3-5-8-14)13-17(23)18-9-6-10-25-18/h3-11,17,23H,2,12-13H2,1H3,(H,20,21). The summed E-state index contributed by atoms with van der Waals surface area (Å²) in [6, 6.07) is 14.8. The molecular weight excluding hydrogens is 318 g/mol. The van der Waals surface area contributed by atoms with Gasteiger partial charge in [0.25, 0.3) is 5.91 Å². The number of aromatic nitrogens is 2. The Balaban J connectivity index is 1.81. The minimum absolute atomic E-state index is 0.121. The fraction of sp³-hybridized carbons (Fsp3) is 0.263. The van der Waals surface area contributed by atoms with Crippen LogP contribution in [0.25, 0.3) is 0 Å². The van der Waals surface area contributed by atoms with Crippen LogP contribution in [0.2, 0.25) is 0 Å². The first kappa shape index (κ1) is 17.0. The predicted molar refractivity (Wildman–Crippen MR) is 92.8 cm³/mol. The molecule has 2 aromatic heterocycles. The van der Waals surface area contributed by atoms with E-state index >= 15 is 0 Å². The number of furan rings is 1. The molecule has 2 N–H and O–H groups in total. The lowest BCUT2D eigenvalue weighted by Crippen LogP contribution is -2.34. The van der Waals surface area contributed by atoms with Crippen LogP contribution in [-0.2, 0) is 13.0 Å². The zero-order valence-electron chi connectivity index (χ0n) is 14.1. The van der Waals surface area contributed by atoms with Crippen molar-refractivity contribution in [1.29, 1.82) is 0 Å². The summed E-state index contributed by atoms with van der Waals surface area (Å²) < 4.78 is 5.24. The Morgan fingerprint density at radius 3 is 2.72 bits per heavy atom. The highest BCUT2D eigenvalue weighted by atomic mass is 16.4. The molecule has 0 aliphatic carbocycles. The van der Waals surface area contributed by atoms with Crippen LogP contribution in [0.1, 0.15) is 40.5 Å². The highest BCUT2D eigenvalue weighted by Gasteiger charge is 2.23. The average Bonchev–Trinajstić information content (AvgIpc) is 3.33. The lowest BCUT2D eigenvalue weighted by atomic mass is 10.1. The zero-order chi connectivity index (χ0) is 17.6. The zero-order valence-corrected chi connectivity index (χ0v) is 14.1. The van der Waals surface area contributed by atoms with Gasteiger partial charge in [0.1, 0.15) is 17.6 Å². The Morgan fingerprint density at radius 2 is 2.08 bits per heavy atom. The molecule has 0 saturated heterocycles. The molecule has 3 rings (SSSR count). The summed E-state index contributed by atoms with van der Waals surface area (Å²) in [6.07, 6.45) is 1.38. The second-order valence-electron chi connectivity index (χ2n) is 5.83. The first-order valence-electron chi connectivity index (χ1n) is 8.26. The molecule has 0 aliphatic heterocycles. The number of rotatable bonds is 7. The van der Waals surface area contributed by atoms with Crippen LogP contribution in [-0.4, -0.2) is 32.7 Å². The molecule has 0 saturated carbocycles. The van der Waals surface area contributed by atoms with E-state index in [1.807, 2.05) is 37.3 Å². The molecule has 1 amide bonds. The lowest BCUT2D eigenvalue weighted by Gasteiger charge is -2.24. The molecule has 0 fully saturated rings. The van der Waals surface area contributed by atoms with Gasteiger partial charge in [0.2, 0.25) is 0 Å². The number of nitrogens with zero attached hydrogens (tertiary/aromatic N) is 2. The molecule has 2 heterocycles. The van der Waals surface area contributed by atoms with Gasteiger partial charge in [-0.15, -0.1) is 0 Å². The summed E-state index contributed by atoms with van der Waals surface area (Å²) in [4.78, 5) is 14.5. The van der Waals surface area contributed by atoms with Gasteiger partial charge in [-0.05, 0) is 30.2 Å². The van der Waals surface area contributed by atoms with Crippen molar-refractivity contribution in [3.8, 4) is 0 Å². The third-order valence-electron chi connectivity index (χ3n) is 4.00. The van der Waals surface area contributed by atoms with Crippen molar-refractivity contribution in [2.75, 3.05) is 6.54 Å². The van der Waals surface area contributed by atoms with Crippen molar-refractivity contribution in [1.82, 2.24) is 15.1 Å². The molecule has 0 radical (unpaired) electrons. The molecule has 1 atom stereocenters. The van der Waals surface area contributed by atoms with Gasteiger partial charge in [0, 0.05) is 12.2 Å².